The summed E-state index contributed by atoms with van der Waals surface area (Å²) in [4.78, 5) is 45.2. The number of hydrogen-bond acceptors (Lipinski definition) is 4. The molecule has 4 rings (SSSR count). The van der Waals surface area contributed by atoms with E-state index < -0.39 is 11.2 Å². The summed E-state index contributed by atoms with van der Waals surface area (Å²) < 4.78 is 1.45. The highest BCUT2D eigenvalue weighted by molar-refractivity contribution is 6.12. The van der Waals surface area contributed by atoms with E-state index in [9.17, 15) is 14.4 Å². The second kappa shape index (κ2) is 7.31. The zero-order chi connectivity index (χ0) is 20.7. The fraction of sp³-hybridized carbons (Fsp3) is 0.364. The van der Waals surface area contributed by atoms with Gasteiger partial charge < -0.3 is 5.32 Å². The summed E-state index contributed by atoms with van der Waals surface area (Å²) in [5.41, 5.74) is 2.96. The molecule has 0 saturated heterocycles. The number of aryl methyl sites for hydroxylation is 3. The Morgan fingerprint density at radius 2 is 2.00 bits per heavy atom. The number of nitrogens with zero attached hydrogens (tertiary/aromatic N) is 2. The number of aromatic nitrogens is 3. The van der Waals surface area contributed by atoms with Crippen LogP contribution in [0.2, 0.25) is 0 Å². The minimum absolute atomic E-state index is 0.157. The van der Waals surface area contributed by atoms with E-state index in [1.165, 1.54) is 4.57 Å². The van der Waals surface area contributed by atoms with E-state index in [4.69, 9.17) is 0 Å². The number of rotatable bonds is 5. The van der Waals surface area contributed by atoms with E-state index in [-0.39, 0.29) is 28.4 Å². The van der Waals surface area contributed by atoms with E-state index in [1.807, 2.05) is 39.0 Å². The van der Waals surface area contributed by atoms with Crippen molar-refractivity contribution in [3.63, 3.8) is 0 Å². The van der Waals surface area contributed by atoms with E-state index in [0.717, 1.165) is 29.7 Å². The van der Waals surface area contributed by atoms with Crippen molar-refractivity contribution in [3.05, 3.63) is 67.5 Å². The average Bonchev–Trinajstić information content (AvgIpc) is 3.51. The summed E-state index contributed by atoms with van der Waals surface area (Å²) in [7, 11) is 0. The van der Waals surface area contributed by atoms with Crippen molar-refractivity contribution in [1.82, 2.24) is 14.5 Å². The Labute approximate surface area is 167 Å². The van der Waals surface area contributed by atoms with Crippen LogP contribution in [0.4, 0.5) is 5.69 Å². The lowest BCUT2D eigenvalue weighted by Gasteiger charge is -2.14. The normalized spacial score (nSPS) is 13.6. The van der Waals surface area contributed by atoms with Crippen LogP contribution in [0.25, 0.3) is 11.0 Å². The van der Waals surface area contributed by atoms with Gasteiger partial charge in [0.25, 0.3) is 11.5 Å². The van der Waals surface area contributed by atoms with Gasteiger partial charge in [0.15, 0.2) is 5.65 Å². The number of hydrogen-bond donors (Lipinski definition) is 2. The summed E-state index contributed by atoms with van der Waals surface area (Å²) >= 11 is 0. The molecule has 7 heteroatoms. The molecule has 0 bridgehead atoms. The van der Waals surface area contributed by atoms with Crippen LogP contribution < -0.4 is 16.6 Å². The van der Waals surface area contributed by atoms with Crippen LogP contribution in [0, 0.1) is 13.8 Å². The molecule has 1 amide bonds. The second-order valence-corrected chi connectivity index (χ2v) is 7.75. The molecule has 2 aromatic heterocycles. The minimum atomic E-state index is -0.585. The molecule has 2 N–H and O–H groups in total. The summed E-state index contributed by atoms with van der Waals surface area (Å²) in [6, 6.07) is 7.47. The maximum absolute atomic E-state index is 13.2. The van der Waals surface area contributed by atoms with Crippen molar-refractivity contribution < 1.29 is 4.79 Å². The summed E-state index contributed by atoms with van der Waals surface area (Å²) in [5, 5.41) is 3.08. The molecule has 0 aliphatic heterocycles. The van der Waals surface area contributed by atoms with Gasteiger partial charge in [-0.25, -0.2) is 9.78 Å². The van der Waals surface area contributed by atoms with Crippen LogP contribution in [-0.4, -0.2) is 20.4 Å². The quantitative estimate of drug-likeness (QED) is 0.697. The molecule has 1 aliphatic rings. The van der Waals surface area contributed by atoms with Gasteiger partial charge in [-0.05, 0) is 50.8 Å². The standard InChI is InChI=1S/C22H24N4O3/c1-4-9-26-19-18(21(28)25-22(26)29)15(11-17(23-19)14-6-7-14)20(27)24-16-8-5-12(2)10-13(16)3/h5,8,10-11,14H,4,6-7,9H2,1-3H3,(H,24,27)(H,25,28,29). The van der Waals surface area contributed by atoms with Crippen LogP contribution in [-0.2, 0) is 6.54 Å². The Morgan fingerprint density at radius 3 is 2.66 bits per heavy atom. The van der Waals surface area contributed by atoms with Crippen LogP contribution in [0.1, 0.15) is 59.3 Å². The molecule has 0 atom stereocenters. The number of amides is 1. The van der Waals surface area contributed by atoms with Crippen LogP contribution in [0.3, 0.4) is 0 Å². The van der Waals surface area contributed by atoms with Gasteiger partial charge in [-0.3, -0.25) is 19.1 Å². The summed E-state index contributed by atoms with van der Waals surface area (Å²) in [6.07, 6.45) is 2.70. The van der Waals surface area contributed by atoms with Gasteiger partial charge in [-0.1, -0.05) is 24.6 Å². The molecular weight excluding hydrogens is 368 g/mol. The van der Waals surface area contributed by atoms with Crippen LogP contribution in [0.15, 0.2) is 33.9 Å². The van der Waals surface area contributed by atoms with Gasteiger partial charge in [0, 0.05) is 23.8 Å². The molecule has 7 nitrogen and oxygen atoms in total. The van der Waals surface area contributed by atoms with Gasteiger partial charge in [-0.15, -0.1) is 0 Å². The lowest BCUT2D eigenvalue weighted by Crippen LogP contribution is -2.32. The first-order valence-electron chi connectivity index (χ1n) is 9.95. The lowest BCUT2D eigenvalue weighted by molar-refractivity contribution is 0.102. The zero-order valence-corrected chi connectivity index (χ0v) is 16.8. The third-order valence-electron chi connectivity index (χ3n) is 5.29. The lowest BCUT2D eigenvalue weighted by atomic mass is 10.1. The number of aromatic amines is 1. The van der Waals surface area contributed by atoms with E-state index >= 15 is 0 Å². The smallest absolute Gasteiger partial charge is 0.322 e. The van der Waals surface area contributed by atoms with Crippen LogP contribution in [0.5, 0.6) is 0 Å². The predicted octanol–water partition coefficient (Wildman–Crippen LogP) is 3.24. The monoisotopic (exact) mass is 392 g/mol. The van der Waals surface area contributed by atoms with Crippen LogP contribution >= 0.6 is 0 Å². The number of fused-ring (bicyclic) bond motifs is 1. The number of H-pyrrole nitrogens is 1. The molecule has 29 heavy (non-hydrogen) atoms. The molecule has 0 radical (unpaired) electrons. The van der Waals surface area contributed by atoms with E-state index in [1.54, 1.807) is 6.07 Å². The highest BCUT2D eigenvalue weighted by Crippen LogP contribution is 2.40. The zero-order valence-electron chi connectivity index (χ0n) is 16.8. The van der Waals surface area contributed by atoms with E-state index in [2.05, 4.69) is 15.3 Å². The van der Waals surface area contributed by atoms with Gasteiger partial charge in [0.2, 0.25) is 0 Å². The molecule has 3 aromatic rings. The number of carbonyl (C=O) groups excluding carboxylic acids is 1. The molecule has 0 unspecified atom stereocenters. The summed E-state index contributed by atoms with van der Waals surface area (Å²) in [6.45, 7) is 6.28. The van der Waals surface area contributed by atoms with Crippen molar-refractivity contribution in [3.8, 4) is 0 Å². The number of benzene rings is 1. The topological polar surface area (TPSA) is 96.9 Å². The Bertz CT molecular complexity index is 1240. The highest BCUT2D eigenvalue weighted by Gasteiger charge is 2.28. The van der Waals surface area contributed by atoms with Crippen molar-refractivity contribution in [2.24, 2.45) is 0 Å². The van der Waals surface area contributed by atoms with E-state index in [0.29, 0.717) is 18.7 Å². The van der Waals surface area contributed by atoms with Crippen molar-refractivity contribution >= 4 is 22.6 Å². The summed E-state index contributed by atoms with van der Waals surface area (Å²) in [5.74, 6) is -0.102. The Morgan fingerprint density at radius 1 is 1.24 bits per heavy atom. The van der Waals surface area contributed by atoms with Gasteiger partial charge in [-0.2, -0.15) is 0 Å². The Hall–Kier alpha value is -3.22. The first kappa shape index (κ1) is 19.1. The fourth-order valence-electron chi connectivity index (χ4n) is 3.64. The average molecular weight is 392 g/mol. The first-order chi connectivity index (χ1) is 13.9. The van der Waals surface area contributed by atoms with Crippen molar-refractivity contribution in [2.45, 2.75) is 52.5 Å². The molecule has 150 valence electrons. The van der Waals surface area contributed by atoms with Gasteiger partial charge in [0.1, 0.15) is 0 Å². The third-order valence-corrected chi connectivity index (χ3v) is 5.29. The number of pyridine rings is 1. The third kappa shape index (κ3) is 3.60. The maximum atomic E-state index is 13.2. The molecule has 1 saturated carbocycles. The molecule has 2 heterocycles. The van der Waals surface area contributed by atoms with Crippen molar-refractivity contribution in [1.29, 1.82) is 0 Å². The van der Waals surface area contributed by atoms with Gasteiger partial charge >= 0.3 is 5.69 Å². The molecular formula is C22H24N4O3. The number of carbonyl (C=O) groups is 1. The Balaban J connectivity index is 1.90. The maximum Gasteiger partial charge on any atom is 0.329 e. The highest BCUT2D eigenvalue weighted by atomic mass is 16.2. The Kier molecular flexibility index (Phi) is 4.82. The first-order valence-corrected chi connectivity index (χ1v) is 9.95. The largest absolute Gasteiger partial charge is 0.329 e. The molecule has 0 spiro atoms. The molecule has 1 aromatic carbocycles. The fourth-order valence-corrected chi connectivity index (χ4v) is 3.64. The number of nitrogens with one attached hydrogen (secondary N) is 2. The molecule has 1 fully saturated rings. The van der Waals surface area contributed by atoms with Crippen molar-refractivity contribution in [2.75, 3.05) is 5.32 Å². The number of anilines is 1. The van der Waals surface area contributed by atoms with Gasteiger partial charge in [0.05, 0.1) is 10.9 Å². The molecule has 1 aliphatic carbocycles. The predicted molar refractivity (Wildman–Crippen MR) is 113 cm³/mol. The SMILES string of the molecule is CCCn1c(=O)[nH]c(=O)c2c(C(=O)Nc3ccc(C)cc3C)cc(C3CC3)nc21. The minimum Gasteiger partial charge on any atom is -0.322 e. The second-order valence-electron chi connectivity index (χ2n) is 7.75.